The summed E-state index contributed by atoms with van der Waals surface area (Å²) in [6.07, 6.45) is 0. The molecule has 0 fully saturated rings. The Kier molecular flexibility index (Phi) is 5.77. The van der Waals surface area contributed by atoms with E-state index in [1.165, 1.54) is 0 Å². The van der Waals surface area contributed by atoms with Crippen LogP contribution in [0.2, 0.25) is 0 Å². The normalized spacial score (nSPS) is 13.7. The molecule has 3 aromatic rings. The van der Waals surface area contributed by atoms with Crippen molar-refractivity contribution in [3.8, 4) is 0 Å². The van der Waals surface area contributed by atoms with E-state index in [0.717, 1.165) is 15.9 Å². The molecule has 0 unspecified atom stereocenters. The molecule has 0 aliphatic heterocycles. The molecule has 0 amide bonds. The van der Waals surface area contributed by atoms with E-state index in [2.05, 4.69) is 0 Å². The minimum atomic E-state index is -4.14. The number of hydrogen-bond donors (Lipinski definition) is 0. The van der Waals surface area contributed by atoms with Crippen molar-refractivity contribution in [2.24, 2.45) is 0 Å². The fourth-order valence-electron chi connectivity index (χ4n) is 3.32. The van der Waals surface area contributed by atoms with Crippen LogP contribution in [0, 0.1) is 0 Å². The molecule has 3 aromatic carbocycles. The minimum absolute atomic E-state index is 0.657. The van der Waals surface area contributed by atoms with Crippen LogP contribution in [0.4, 0.5) is 0 Å². The van der Waals surface area contributed by atoms with Gasteiger partial charge < -0.3 is 0 Å². The Morgan fingerprint density at radius 2 is 0.815 bits per heavy atom. The molecular weight excluding hydrogens is 517 g/mol. The Morgan fingerprint density at radius 1 is 0.556 bits per heavy atom. The second-order valence-corrected chi connectivity index (χ2v) is 27.2. The van der Waals surface area contributed by atoms with Gasteiger partial charge in [0.05, 0.1) is 0 Å². The third kappa shape index (κ3) is 2.93. The van der Waals surface area contributed by atoms with Crippen LogP contribution >= 0.6 is 26.4 Å². The molecule has 0 spiro atoms. The SMILES string of the molecule is O=[CH][Co]([I])([CH]=O)([CH]=O)[PH](c1ccccc1)(c1ccccc1)c1ccccc1. The van der Waals surface area contributed by atoms with Crippen LogP contribution in [0.15, 0.2) is 91.0 Å². The fourth-order valence-corrected chi connectivity index (χ4v) is 24.6. The van der Waals surface area contributed by atoms with Gasteiger partial charge in [-0.05, 0) is 0 Å². The Balaban J connectivity index is 2.62. The summed E-state index contributed by atoms with van der Waals surface area (Å²) in [4.78, 5) is 37.8. The molecule has 0 saturated carbocycles. The maximum atomic E-state index is 12.6. The van der Waals surface area contributed by atoms with Crippen molar-refractivity contribution in [3.05, 3.63) is 91.0 Å². The molecule has 3 rings (SSSR count). The molecule has 0 aromatic heterocycles. The van der Waals surface area contributed by atoms with Gasteiger partial charge in [-0.1, -0.05) is 0 Å². The summed E-state index contributed by atoms with van der Waals surface area (Å²) in [7, 11) is -4.14. The van der Waals surface area contributed by atoms with Crippen LogP contribution in [0.3, 0.4) is 0 Å². The van der Waals surface area contributed by atoms with Crippen molar-refractivity contribution < 1.29 is 22.3 Å². The van der Waals surface area contributed by atoms with Crippen molar-refractivity contribution in [2.45, 2.75) is 0 Å². The van der Waals surface area contributed by atoms with Gasteiger partial charge in [-0.15, -0.1) is 0 Å². The van der Waals surface area contributed by atoms with Gasteiger partial charge in [0.1, 0.15) is 0 Å². The Morgan fingerprint density at radius 3 is 1.04 bits per heavy atom. The molecule has 0 radical (unpaired) electrons. The van der Waals surface area contributed by atoms with Gasteiger partial charge in [0, 0.05) is 0 Å². The van der Waals surface area contributed by atoms with E-state index in [1.54, 1.807) is 0 Å². The molecule has 0 aliphatic rings. The summed E-state index contributed by atoms with van der Waals surface area (Å²) in [6, 6.07) is 28.6. The number of benzene rings is 3. The second-order valence-electron chi connectivity index (χ2n) is 5.86. The molecule has 0 bridgehead atoms. The summed E-state index contributed by atoms with van der Waals surface area (Å²) >= 11 is 1.91. The van der Waals surface area contributed by atoms with E-state index < -0.39 is 13.9 Å². The zero-order chi connectivity index (χ0) is 19.4. The topological polar surface area (TPSA) is 51.2 Å². The molecule has 0 aliphatic carbocycles. The van der Waals surface area contributed by atoms with Crippen LogP contribution < -0.4 is 15.9 Å². The third-order valence-corrected chi connectivity index (χ3v) is 27.7. The zero-order valence-electron chi connectivity index (χ0n) is 14.3. The number of carbonyl (C=O) groups is 3. The molecule has 27 heavy (non-hydrogen) atoms. The van der Waals surface area contributed by atoms with Gasteiger partial charge in [-0.2, -0.15) is 0 Å². The molecule has 0 heterocycles. The molecule has 0 saturated heterocycles. The first-order valence-corrected chi connectivity index (χ1v) is 16.6. The van der Waals surface area contributed by atoms with E-state index in [-0.39, 0.29) is 0 Å². The quantitative estimate of drug-likeness (QED) is 0.265. The molecule has 6 heteroatoms. The van der Waals surface area contributed by atoms with Crippen molar-refractivity contribution in [3.63, 3.8) is 0 Å². The zero-order valence-corrected chi connectivity index (χ0v) is 18.5. The van der Waals surface area contributed by atoms with E-state index in [9.17, 15) is 14.4 Å². The summed E-state index contributed by atoms with van der Waals surface area (Å²) in [6.45, 7) is 0. The van der Waals surface area contributed by atoms with Crippen molar-refractivity contribution in [1.29, 1.82) is 0 Å². The standard InChI is InChI=1S/C18H15P.3CHO.Co.HI/c1-4-10-16(11-5-1)19(17-12-6-2-7-13-17)18-14-8-3-9-15-18;3*1-2;;/h1-15H;3*1H;;1H. The van der Waals surface area contributed by atoms with Gasteiger partial charge in [-0.25, -0.2) is 0 Å². The number of rotatable bonds is 7. The summed E-state index contributed by atoms with van der Waals surface area (Å²) < 4.78 is 0. The van der Waals surface area contributed by atoms with Crippen LogP contribution in [0.5, 0.6) is 0 Å². The van der Waals surface area contributed by atoms with Gasteiger partial charge in [0.2, 0.25) is 0 Å². The predicted molar refractivity (Wildman–Crippen MR) is 121 cm³/mol. The van der Waals surface area contributed by atoms with Crippen molar-refractivity contribution >= 4 is 58.0 Å². The van der Waals surface area contributed by atoms with Crippen molar-refractivity contribution in [1.82, 2.24) is 0 Å². The van der Waals surface area contributed by atoms with Gasteiger partial charge in [0.15, 0.2) is 0 Å². The Hall–Kier alpha value is -1.66. The summed E-state index contributed by atoms with van der Waals surface area (Å²) in [5.41, 5.74) is 0. The first-order valence-electron chi connectivity index (χ1n) is 8.06. The van der Waals surface area contributed by atoms with E-state index in [1.807, 2.05) is 111 Å². The first-order chi connectivity index (χ1) is 13.1. The molecular formula is C21H19CoIO3P. The summed E-state index contributed by atoms with van der Waals surface area (Å²) in [5, 5.41) is 4.60. The van der Waals surface area contributed by atoms with Gasteiger partial charge in [-0.3, -0.25) is 0 Å². The molecule has 0 atom stereocenters. The monoisotopic (exact) mass is 536 g/mol. The third-order valence-electron chi connectivity index (χ3n) is 4.48. The van der Waals surface area contributed by atoms with E-state index in [0.29, 0.717) is 15.7 Å². The van der Waals surface area contributed by atoms with Crippen LogP contribution in [-0.4, -0.2) is 15.7 Å². The van der Waals surface area contributed by atoms with E-state index in [4.69, 9.17) is 0 Å². The maximum absolute atomic E-state index is 12.6. The molecule has 0 N–H and O–H groups in total. The van der Waals surface area contributed by atoms with Crippen molar-refractivity contribution in [2.75, 3.05) is 0 Å². The average Bonchev–Trinajstić information content (AvgIpc) is 2.76. The fraction of sp³-hybridized carbons (Fsp3) is 0. The predicted octanol–water partition coefficient (Wildman–Crippen LogP) is 3.24. The van der Waals surface area contributed by atoms with Gasteiger partial charge in [0.25, 0.3) is 0 Å². The number of hydrogen-bond acceptors (Lipinski definition) is 3. The van der Waals surface area contributed by atoms with Crippen LogP contribution in [0.1, 0.15) is 0 Å². The van der Waals surface area contributed by atoms with E-state index >= 15 is 0 Å². The second kappa shape index (κ2) is 7.76. The molecule has 142 valence electrons. The first kappa shape index (κ1) is 20.1. The van der Waals surface area contributed by atoms with Gasteiger partial charge >= 0.3 is 171 Å². The average molecular weight is 536 g/mol. The van der Waals surface area contributed by atoms with Crippen LogP contribution in [-0.2, 0) is 22.3 Å². The molecule has 3 nitrogen and oxygen atoms in total. The Labute approximate surface area is 170 Å². The number of carbonyl (C=O) groups excluding carboxylic acids is 3. The number of halogens is 1. The Bertz CT molecular complexity index is 843. The van der Waals surface area contributed by atoms with Crippen LogP contribution in [0.25, 0.3) is 0 Å². The summed E-state index contributed by atoms with van der Waals surface area (Å²) in [5.74, 6) is -3.32.